The molecule has 4 atom stereocenters. The van der Waals surface area contributed by atoms with Crippen molar-refractivity contribution >= 4 is 16.1 Å². The summed E-state index contributed by atoms with van der Waals surface area (Å²) in [6.07, 6.45) is -1.22. The van der Waals surface area contributed by atoms with Crippen LogP contribution in [0.5, 0.6) is 6.01 Å². The molecule has 3 heterocycles. The quantitative estimate of drug-likeness (QED) is 0.498. The van der Waals surface area contributed by atoms with Crippen molar-refractivity contribution in [2.45, 2.75) is 31.5 Å². The highest BCUT2D eigenvalue weighted by Crippen LogP contribution is 2.41. The molecule has 2 unspecified atom stereocenters. The number of hydrogen-bond acceptors (Lipinski definition) is 9. The van der Waals surface area contributed by atoms with Gasteiger partial charge in [-0.15, -0.1) is 0 Å². The van der Waals surface area contributed by atoms with Gasteiger partial charge >= 0.3 is 12.0 Å². The van der Waals surface area contributed by atoms with E-state index in [1.165, 1.54) is 10.8 Å². The normalized spacial score (nSPS) is 25.2. The minimum atomic E-state index is -3.87. The minimum absolute atomic E-state index is 0.0115. The van der Waals surface area contributed by atoms with E-state index in [0.29, 0.717) is 11.1 Å². The van der Waals surface area contributed by atoms with Crippen LogP contribution in [0.25, 0.3) is 0 Å². The third kappa shape index (κ3) is 3.88. The molecule has 1 aromatic heterocycles. The van der Waals surface area contributed by atoms with Gasteiger partial charge in [-0.25, -0.2) is 4.79 Å². The van der Waals surface area contributed by atoms with Crippen molar-refractivity contribution in [3.8, 4) is 6.01 Å². The second-order valence-corrected chi connectivity index (χ2v) is 8.40. The number of carbonyl (C=O) groups is 1. The number of fused-ring (bicyclic) bond motifs is 3. The molecule has 0 N–H and O–H groups in total. The number of ether oxygens (including phenoxy) is 3. The standard InChI is InChI=1S/C18H18N2O8S/c1-10-8-20-16-14(27-18(20)19-15(10)21)13(28-29(2,23)24)12(26-16)9-25-17(22)11-6-4-3-5-7-11/h3-8,12-14,16H,9H2,1-2H3/t12-,13?,14?,16+/m0/s1. The van der Waals surface area contributed by atoms with Gasteiger partial charge in [0.05, 0.1) is 11.8 Å². The first kappa shape index (κ1) is 19.6. The smallest absolute Gasteiger partial charge is 0.338 e. The predicted molar refractivity (Wildman–Crippen MR) is 98.0 cm³/mol. The van der Waals surface area contributed by atoms with E-state index in [9.17, 15) is 18.0 Å². The number of aromatic nitrogens is 2. The van der Waals surface area contributed by atoms with E-state index in [1.54, 1.807) is 37.3 Å². The first-order chi connectivity index (χ1) is 13.7. The molecule has 2 aliphatic heterocycles. The van der Waals surface area contributed by atoms with Gasteiger partial charge in [-0.05, 0) is 19.1 Å². The van der Waals surface area contributed by atoms with Gasteiger partial charge in [0.25, 0.3) is 15.7 Å². The molecule has 2 aromatic rings. The maximum absolute atomic E-state index is 12.2. The Morgan fingerprint density at radius 2 is 2.00 bits per heavy atom. The molecule has 0 spiro atoms. The highest BCUT2D eigenvalue weighted by Gasteiger charge is 2.54. The molecule has 29 heavy (non-hydrogen) atoms. The van der Waals surface area contributed by atoms with Gasteiger partial charge < -0.3 is 14.2 Å². The van der Waals surface area contributed by atoms with Crippen molar-refractivity contribution in [3.63, 3.8) is 0 Å². The molecule has 0 amide bonds. The van der Waals surface area contributed by atoms with Crippen LogP contribution in [0.3, 0.4) is 0 Å². The van der Waals surface area contributed by atoms with Crippen molar-refractivity contribution in [1.29, 1.82) is 0 Å². The van der Waals surface area contributed by atoms with E-state index >= 15 is 0 Å². The summed E-state index contributed by atoms with van der Waals surface area (Å²) in [5.74, 6) is -0.577. The lowest BCUT2D eigenvalue weighted by molar-refractivity contribution is -0.0467. The summed E-state index contributed by atoms with van der Waals surface area (Å²) in [6.45, 7) is 1.35. The van der Waals surface area contributed by atoms with Crippen molar-refractivity contribution in [3.05, 3.63) is 58.0 Å². The average Bonchev–Trinajstić information content (AvgIpc) is 3.16. The number of aryl methyl sites for hydroxylation is 1. The van der Waals surface area contributed by atoms with Gasteiger partial charge in [0.1, 0.15) is 18.8 Å². The second-order valence-electron chi connectivity index (χ2n) is 6.80. The zero-order valence-corrected chi connectivity index (χ0v) is 16.4. The molecular formula is C18H18N2O8S. The van der Waals surface area contributed by atoms with Gasteiger partial charge in [0.2, 0.25) is 0 Å². The maximum atomic E-state index is 12.2. The van der Waals surface area contributed by atoms with E-state index in [1.807, 2.05) is 0 Å². The first-order valence-electron chi connectivity index (χ1n) is 8.75. The van der Waals surface area contributed by atoms with Crippen molar-refractivity contribution in [2.24, 2.45) is 0 Å². The molecule has 4 rings (SSSR count). The Kier molecular flexibility index (Phi) is 4.89. The Morgan fingerprint density at radius 1 is 1.28 bits per heavy atom. The SMILES string of the molecule is Cc1cn2c(nc1=O)OC1C(OS(C)(=O)=O)[C@H](COC(=O)c3ccccc3)O[C@H]12. The molecular weight excluding hydrogens is 404 g/mol. The maximum Gasteiger partial charge on any atom is 0.338 e. The molecule has 10 nitrogen and oxygen atoms in total. The van der Waals surface area contributed by atoms with Crippen LogP contribution in [0.2, 0.25) is 0 Å². The summed E-state index contributed by atoms with van der Waals surface area (Å²) < 4.78 is 47.0. The number of nitrogens with zero attached hydrogens (tertiary/aromatic N) is 2. The van der Waals surface area contributed by atoms with Crippen molar-refractivity contribution in [1.82, 2.24) is 9.55 Å². The van der Waals surface area contributed by atoms with E-state index < -0.39 is 46.2 Å². The number of hydrogen-bond donors (Lipinski definition) is 0. The second kappa shape index (κ2) is 7.25. The molecule has 1 aromatic carbocycles. The molecule has 1 saturated heterocycles. The fourth-order valence-corrected chi connectivity index (χ4v) is 3.91. The molecule has 154 valence electrons. The Bertz CT molecular complexity index is 1100. The number of carbonyl (C=O) groups excluding carboxylic acids is 1. The lowest BCUT2D eigenvalue weighted by atomic mass is 10.1. The van der Waals surface area contributed by atoms with Crippen LogP contribution >= 0.6 is 0 Å². The lowest BCUT2D eigenvalue weighted by Gasteiger charge is -2.20. The third-order valence-corrected chi connectivity index (χ3v) is 5.14. The van der Waals surface area contributed by atoms with Gasteiger partial charge in [-0.3, -0.25) is 13.5 Å². The summed E-state index contributed by atoms with van der Waals surface area (Å²) in [4.78, 5) is 27.8. The van der Waals surface area contributed by atoms with Crippen LogP contribution in [0, 0.1) is 6.92 Å². The van der Waals surface area contributed by atoms with Crippen LogP contribution in [0.1, 0.15) is 22.1 Å². The Hall–Kier alpha value is -2.76. The fourth-order valence-electron chi connectivity index (χ4n) is 3.27. The zero-order valence-electron chi connectivity index (χ0n) is 15.5. The molecule has 2 aliphatic rings. The Labute approximate surface area is 166 Å². The Morgan fingerprint density at radius 3 is 2.69 bits per heavy atom. The minimum Gasteiger partial charge on any atom is -0.459 e. The predicted octanol–water partition coefficient (Wildman–Crippen LogP) is 0.412. The van der Waals surface area contributed by atoms with Gasteiger partial charge in [0, 0.05) is 11.8 Å². The third-order valence-electron chi connectivity index (χ3n) is 4.56. The monoisotopic (exact) mass is 422 g/mol. The summed E-state index contributed by atoms with van der Waals surface area (Å²) in [6, 6.07) is 8.37. The highest BCUT2D eigenvalue weighted by molar-refractivity contribution is 7.86. The van der Waals surface area contributed by atoms with Gasteiger partial charge in [0.15, 0.2) is 12.3 Å². The van der Waals surface area contributed by atoms with E-state index in [0.717, 1.165) is 6.26 Å². The largest absolute Gasteiger partial charge is 0.459 e. The van der Waals surface area contributed by atoms with E-state index in [-0.39, 0.29) is 12.6 Å². The first-order valence-corrected chi connectivity index (χ1v) is 10.6. The number of rotatable bonds is 5. The highest BCUT2D eigenvalue weighted by atomic mass is 32.2. The van der Waals surface area contributed by atoms with Crippen LogP contribution in [0.15, 0.2) is 41.3 Å². The molecule has 0 bridgehead atoms. The van der Waals surface area contributed by atoms with Crippen molar-refractivity contribution in [2.75, 3.05) is 12.9 Å². The number of esters is 1. The lowest BCUT2D eigenvalue weighted by Crippen LogP contribution is -2.40. The summed E-state index contributed by atoms with van der Waals surface area (Å²) in [5.41, 5.74) is 0.274. The van der Waals surface area contributed by atoms with Crippen LogP contribution in [-0.2, 0) is 23.8 Å². The van der Waals surface area contributed by atoms with E-state index in [4.69, 9.17) is 18.4 Å². The summed E-state index contributed by atoms with van der Waals surface area (Å²) >= 11 is 0. The molecule has 0 saturated carbocycles. The van der Waals surface area contributed by atoms with Gasteiger partial charge in [-0.1, -0.05) is 18.2 Å². The van der Waals surface area contributed by atoms with E-state index in [2.05, 4.69) is 4.98 Å². The Balaban J connectivity index is 1.56. The molecule has 0 aliphatic carbocycles. The molecule has 0 radical (unpaired) electrons. The van der Waals surface area contributed by atoms with Crippen LogP contribution < -0.4 is 10.3 Å². The van der Waals surface area contributed by atoms with Crippen LogP contribution in [0.4, 0.5) is 0 Å². The zero-order chi connectivity index (χ0) is 20.8. The molecule has 1 fully saturated rings. The summed E-state index contributed by atoms with van der Waals surface area (Å²) in [5, 5.41) is 0. The average molecular weight is 422 g/mol. The topological polar surface area (TPSA) is 123 Å². The van der Waals surface area contributed by atoms with Gasteiger partial charge in [-0.2, -0.15) is 13.4 Å². The fraction of sp³-hybridized carbons (Fsp3) is 0.389. The van der Waals surface area contributed by atoms with Crippen LogP contribution in [-0.4, -0.2) is 55.1 Å². The van der Waals surface area contributed by atoms with Crippen molar-refractivity contribution < 1.29 is 31.6 Å². The molecule has 11 heteroatoms. The number of benzene rings is 1. The summed E-state index contributed by atoms with van der Waals surface area (Å²) in [7, 11) is -3.87.